The van der Waals surface area contributed by atoms with Crippen LogP contribution >= 0.6 is 0 Å². The molecule has 0 aliphatic carbocycles. The Balaban J connectivity index is 1.75. The Bertz CT molecular complexity index is 934. The molecule has 0 spiro atoms. The molecule has 8 heteroatoms. The summed E-state index contributed by atoms with van der Waals surface area (Å²) in [5.74, 6) is 0.140. The Hall–Kier alpha value is -2.42. The number of methoxy groups -OCH3 is 1. The third kappa shape index (κ3) is 4.52. The van der Waals surface area contributed by atoms with Gasteiger partial charge in [-0.2, -0.15) is 4.31 Å². The maximum absolute atomic E-state index is 12.9. The first-order chi connectivity index (χ1) is 13.4. The molecule has 1 heterocycles. The Labute approximate surface area is 164 Å². The van der Waals surface area contributed by atoms with Gasteiger partial charge in [0.25, 0.3) is 0 Å². The summed E-state index contributed by atoms with van der Waals surface area (Å²) in [5, 5.41) is 0. The average molecular weight is 405 g/mol. The predicted octanol–water partition coefficient (Wildman–Crippen LogP) is 2.38. The van der Waals surface area contributed by atoms with Crippen molar-refractivity contribution in [2.75, 3.05) is 33.4 Å². The van der Waals surface area contributed by atoms with Gasteiger partial charge in [0, 0.05) is 13.1 Å². The highest BCUT2D eigenvalue weighted by molar-refractivity contribution is 7.89. The van der Waals surface area contributed by atoms with E-state index >= 15 is 0 Å². The number of esters is 1. The molecule has 0 N–H and O–H groups in total. The van der Waals surface area contributed by atoms with Crippen LogP contribution in [0, 0.1) is 6.92 Å². The molecule has 0 amide bonds. The lowest BCUT2D eigenvalue weighted by Crippen LogP contribution is -2.40. The standard InChI is InChI=1S/C20H23NO6S/c1-15-3-6-17(13-19(15)28(23,24)21-9-11-26-12-10-21)20(22)27-14-16-4-7-18(25-2)8-5-16/h3-8,13H,9-12,14H2,1-2H3. The number of benzene rings is 2. The van der Waals surface area contributed by atoms with Crippen LogP contribution in [0.5, 0.6) is 5.75 Å². The van der Waals surface area contributed by atoms with Crippen LogP contribution in [0.1, 0.15) is 21.5 Å². The summed E-state index contributed by atoms with van der Waals surface area (Å²) >= 11 is 0. The van der Waals surface area contributed by atoms with Gasteiger partial charge < -0.3 is 14.2 Å². The molecular formula is C20H23NO6S. The fraction of sp³-hybridized carbons (Fsp3) is 0.350. The molecule has 3 rings (SSSR count). The Kier molecular flexibility index (Phi) is 6.33. The number of sulfonamides is 1. The number of hydrogen-bond donors (Lipinski definition) is 0. The normalized spacial score (nSPS) is 15.2. The van der Waals surface area contributed by atoms with Crippen LogP contribution in [-0.4, -0.2) is 52.1 Å². The molecule has 0 unspecified atom stereocenters. The van der Waals surface area contributed by atoms with Crippen LogP contribution in [0.2, 0.25) is 0 Å². The van der Waals surface area contributed by atoms with Gasteiger partial charge in [-0.1, -0.05) is 18.2 Å². The number of ether oxygens (including phenoxy) is 3. The van der Waals surface area contributed by atoms with E-state index in [0.717, 1.165) is 5.56 Å². The smallest absolute Gasteiger partial charge is 0.338 e. The lowest BCUT2D eigenvalue weighted by atomic mass is 10.1. The maximum atomic E-state index is 12.9. The molecule has 7 nitrogen and oxygen atoms in total. The van der Waals surface area contributed by atoms with Crippen molar-refractivity contribution in [1.82, 2.24) is 4.31 Å². The second-order valence-electron chi connectivity index (χ2n) is 6.42. The molecule has 0 saturated carbocycles. The molecule has 1 aliphatic heterocycles. The van der Waals surface area contributed by atoms with Crippen molar-refractivity contribution in [3.63, 3.8) is 0 Å². The first kappa shape index (κ1) is 20.3. The van der Waals surface area contributed by atoms with Gasteiger partial charge in [0.1, 0.15) is 12.4 Å². The summed E-state index contributed by atoms with van der Waals surface area (Å²) in [4.78, 5) is 12.6. The highest BCUT2D eigenvalue weighted by Crippen LogP contribution is 2.23. The second-order valence-corrected chi connectivity index (χ2v) is 8.33. The molecule has 1 aliphatic rings. The number of carbonyl (C=O) groups excluding carboxylic acids is 1. The summed E-state index contributed by atoms with van der Waals surface area (Å²) in [6, 6.07) is 11.7. The minimum Gasteiger partial charge on any atom is -0.497 e. The van der Waals surface area contributed by atoms with Gasteiger partial charge in [0.05, 0.1) is 30.8 Å². The molecular weight excluding hydrogens is 382 g/mol. The molecule has 0 radical (unpaired) electrons. The van der Waals surface area contributed by atoms with E-state index in [4.69, 9.17) is 14.2 Å². The molecule has 0 atom stereocenters. The van der Waals surface area contributed by atoms with Crippen LogP contribution in [-0.2, 0) is 26.1 Å². The first-order valence-electron chi connectivity index (χ1n) is 8.90. The van der Waals surface area contributed by atoms with Gasteiger partial charge in [-0.15, -0.1) is 0 Å². The summed E-state index contributed by atoms with van der Waals surface area (Å²) < 4.78 is 42.9. The SMILES string of the molecule is COc1ccc(COC(=O)c2ccc(C)c(S(=O)(=O)N3CCOCC3)c2)cc1. The summed E-state index contributed by atoms with van der Waals surface area (Å²) in [6.45, 7) is 3.12. The van der Waals surface area contributed by atoms with Crippen molar-refractivity contribution in [3.05, 3.63) is 59.2 Å². The van der Waals surface area contributed by atoms with Gasteiger partial charge in [0.15, 0.2) is 0 Å². The molecule has 28 heavy (non-hydrogen) atoms. The third-order valence-electron chi connectivity index (χ3n) is 4.54. The molecule has 2 aromatic carbocycles. The molecule has 0 bridgehead atoms. The van der Waals surface area contributed by atoms with E-state index in [1.807, 2.05) is 0 Å². The Morgan fingerprint density at radius 2 is 1.79 bits per heavy atom. The van der Waals surface area contributed by atoms with E-state index in [1.54, 1.807) is 50.4 Å². The highest BCUT2D eigenvalue weighted by atomic mass is 32.2. The summed E-state index contributed by atoms with van der Waals surface area (Å²) in [7, 11) is -2.11. The molecule has 150 valence electrons. The lowest BCUT2D eigenvalue weighted by molar-refractivity contribution is 0.0472. The average Bonchev–Trinajstić information content (AvgIpc) is 2.73. The third-order valence-corrected chi connectivity index (χ3v) is 6.58. The zero-order valence-electron chi connectivity index (χ0n) is 15.9. The fourth-order valence-corrected chi connectivity index (χ4v) is 4.54. The van der Waals surface area contributed by atoms with Crippen molar-refractivity contribution in [2.45, 2.75) is 18.4 Å². The second kappa shape index (κ2) is 8.72. The summed E-state index contributed by atoms with van der Waals surface area (Å²) in [5.41, 5.74) is 1.59. The number of morpholine rings is 1. The Morgan fingerprint density at radius 3 is 2.43 bits per heavy atom. The zero-order valence-corrected chi connectivity index (χ0v) is 16.7. The lowest BCUT2D eigenvalue weighted by Gasteiger charge is -2.26. The zero-order chi connectivity index (χ0) is 20.1. The quantitative estimate of drug-likeness (QED) is 0.687. The van der Waals surface area contributed by atoms with Gasteiger partial charge in [-0.25, -0.2) is 13.2 Å². The van der Waals surface area contributed by atoms with Gasteiger partial charge in [-0.05, 0) is 42.3 Å². The molecule has 2 aromatic rings. The minimum absolute atomic E-state index is 0.0856. The number of hydrogen-bond acceptors (Lipinski definition) is 6. The largest absolute Gasteiger partial charge is 0.497 e. The van der Waals surface area contributed by atoms with E-state index in [-0.39, 0.29) is 17.1 Å². The maximum Gasteiger partial charge on any atom is 0.338 e. The van der Waals surface area contributed by atoms with E-state index in [1.165, 1.54) is 10.4 Å². The van der Waals surface area contributed by atoms with Crippen molar-refractivity contribution in [3.8, 4) is 5.75 Å². The van der Waals surface area contributed by atoms with Crippen molar-refractivity contribution >= 4 is 16.0 Å². The Morgan fingerprint density at radius 1 is 1.11 bits per heavy atom. The van der Waals surface area contributed by atoms with Crippen LogP contribution in [0.3, 0.4) is 0 Å². The highest BCUT2D eigenvalue weighted by Gasteiger charge is 2.28. The predicted molar refractivity (Wildman–Crippen MR) is 103 cm³/mol. The topological polar surface area (TPSA) is 82.1 Å². The van der Waals surface area contributed by atoms with Crippen LogP contribution < -0.4 is 4.74 Å². The van der Waals surface area contributed by atoms with E-state index in [0.29, 0.717) is 37.6 Å². The number of nitrogens with zero attached hydrogens (tertiary/aromatic N) is 1. The number of carbonyl (C=O) groups is 1. The molecule has 1 fully saturated rings. The van der Waals surface area contributed by atoms with E-state index in [2.05, 4.69) is 0 Å². The first-order valence-corrected chi connectivity index (χ1v) is 10.3. The van der Waals surface area contributed by atoms with Crippen LogP contribution in [0.15, 0.2) is 47.4 Å². The van der Waals surface area contributed by atoms with Crippen molar-refractivity contribution < 1.29 is 27.4 Å². The van der Waals surface area contributed by atoms with Crippen LogP contribution in [0.25, 0.3) is 0 Å². The van der Waals surface area contributed by atoms with Gasteiger partial charge in [0.2, 0.25) is 10.0 Å². The van der Waals surface area contributed by atoms with E-state index < -0.39 is 16.0 Å². The van der Waals surface area contributed by atoms with Gasteiger partial charge >= 0.3 is 5.97 Å². The number of aryl methyl sites for hydroxylation is 1. The fourth-order valence-electron chi connectivity index (χ4n) is 2.88. The van der Waals surface area contributed by atoms with Crippen molar-refractivity contribution in [2.24, 2.45) is 0 Å². The van der Waals surface area contributed by atoms with Crippen molar-refractivity contribution in [1.29, 1.82) is 0 Å². The minimum atomic E-state index is -3.69. The number of rotatable bonds is 6. The molecule has 0 aromatic heterocycles. The summed E-state index contributed by atoms with van der Waals surface area (Å²) in [6.07, 6.45) is 0. The van der Waals surface area contributed by atoms with Crippen LogP contribution in [0.4, 0.5) is 0 Å². The van der Waals surface area contributed by atoms with E-state index in [9.17, 15) is 13.2 Å². The van der Waals surface area contributed by atoms with Gasteiger partial charge in [-0.3, -0.25) is 0 Å². The molecule has 1 saturated heterocycles. The monoisotopic (exact) mass is 405 g/mol.